The fourth-order valence-electron chi connectivity index (χ4n) is 4.73. The van der Waals surface area contributed by atoms with Crippen molar-refractivity contribution < 1.29 is 14.4 Å². The van der Waals surface area contributed by atoms with Crippen LogP contribution in [0.3, 0.4) is 0 Å². The number of aromatic nitrogens is 2. The largest absolute Gasteiger partial charge is 0.325 e. The molecule has 0 atom stereocenters. The number of imide groups is 1. The average Bonchev–Trinajstić information content (AvgIpc) is 3.47. The van der Waals surface area contributed by atoms with Gasteiger partial charge in [-0.05, 0) is 44.2 Å². The van der Waals surface area contributed by atoms with Crippen molar-refractivity contribution in [1.29, 1.82) is 0 Å². The number of carbonyl (C=O) groups excluding carboxylic acids is 3. The molecule has 3 aliphatic rings. The lowest BCUT2D eigenvalue weighted by Crippen LogP contribution is -2.44. The Morgan fingerprint density at radius 1 is 1.10 bits per heavy atom. The van der Waals surface area contributed by atoms with Crippen LogP contribution in [-0.4, -0.2) is 44.6 Å². The fourth-order valence-corrected chi connectivity index (χ4v) is 4.73. The van der Waals surface area contributed by atoms with Crippen molar-refractivity contribution in [3.05, 3.63) is 41.6 Å². The molecule has 2 aliphatic carbocycles. The second-order valence-electron chi connectivity index (χ2n) is 8.03. The minimum absolute atomic E-state index is 0.281. The topological polar surface area (TPSA) is 96.3 Å². The van der Waals surface area contributed by atoms with E-state index in [-0.39, 0.29) is 12.5 Å². The van der Waals surface area contributed by atoms with E-state index >= 15 is 0 Å². The Morgan fingerprint density at radius 2 is 1.86 bits per heavy atom. The number of aryl methyl sites for hydroxylation is 1. The Hall–Kier alpha value is -3.16. The molecule has 1 spiro atoms. The number of rotatable bonds is 4. The van der Waals surface area contributed by atoms with E-state index in [0.717, 1.165) is 53.9 Å². The van der Waals surface area contributed by atoms with Gasteiger partial charge in [-0.15, -0.1) is 0 Å². The molecule has 2 N–H and O–H groups in total. The van der Waals surface area contributed by atoms with Gasteiger partial charge in [-0.25, -0.2) is 9.48 Å². The molecule has 1 aliphatic heterocycles. The highest BCUT2D eigenvalue weighted by Crippen LogP contribution is 2.35. The van der Waals surface area contributed by atoms with Crippen molar-refractivity contribution in [3.8, 4) is 5.69 Å². The molecule has 2 fully saturated rings. The highest BCUT2D eigenvalue weighted by molar-refractivity contribution is 6.10. The molecule has 1 aromatic heterocycles. The van der Waals surface area contributed by atoms with Gasteiger partial charge < -0.3 is 10.6 Å². The van der Waals surface area contributed by atoms with Crippen LogP contribution in [0.4, 0.5) is 10.6 Å². The van der Waals surface area contributed by atoms with Gasteiger partial charge in [-0.1, -0.05) is 31.0 Å². The highest BCUT2D eigenvalue weighted by atomic mass is 16.2. The van der Waals surface area contributed by atoms with Crippen molar-refractivity contribution in [3.63, 3.8) is 0 Å². The van der Waals surface area contributed by atoms with Crippen LogP contribution in [0, 0.1) is 0 Å². The second kappa shape index (κ2) is 6.72. The second-order valence-corrected chi connectivity index (χ2v) is 8.03. The molecule has 1 aromatic carbocycles. The van der Waals surface area contributed by atoms with Gasteiger partial charge in [0.2, 0.25) is 5.91 Å². The first kappa shape index (κ1) is 17.9. The predicted octanol–water partition coefficient (Wildman–Crippen LogP) is 2.16. The van der Waals surface area contributed by atoms with E-state index in [0.29, 0.717) is 18.7 Å². The van der Waals surface area contributed by atoms with E-state index < -0.39 is 17.5 Å². The standard InChI is InChI=1S/C21H23N5O3/c27-17(13-25-19(28)21(23-20(25)29)11-4-5-12-21)22-18-15-9-6-10-16(15)24-26(18)14-7-2-1-3-8-14/h1-3,7-8H,4-6,9-13H2,(H,22,27)(H,23,29). The molecular formula is C21H23N5O3. The van der Waals surface area contributed by atoms with Crippen LogP contribution in [0.2, 0.25) is 0 Å². The summed E-state index contributed by atoms with van der Waals surface area (Å²) in [6.07, 6.45) is 5.85. The molecule has 0 radical (unpaired) electrons. The summed E-state index contributed by atoms with van der Waals surface area (Å²) in [6.45, 7) is -0.291. The van der Waals surface area contributed by atoms with Crippen molar-refractivity contribution in [2.24, 2.45) is 0 Å². The van der Waals surface area contributed by atoms with Crippen LogP contribution >= 0.6 is 0 Å². The number of anilines is 1. The summed E-state index contributed by atoms with van der Waals surface area (Å²) in [5.74, 6) is -0.0383. The van der Waals surface area contributed by atoms with E-state index in [2.05, 4.69) is 15.7 Å². The number of hydrogen-bond donors (Lipinski definition) is 2. The number of para-hydroxylation sites is 1. The summed E-state index contributed by atoms with van der Waals surface area (Å²) in [5, 5.41) is 10.4. The van der Waals surface area contributed by atoms with Crippen molar-refractivity contribution in [2.45, 2.75) is 50.5 Å². The molecule has 150 valence electrons. The average molecular weight is 393 g/mol. The monoisotopic (exact) mass is 393 g/mol. The minimum Gasteiger partial charge on any atom is -0.323 e. The molecule has 1 saturated carbocycles. The van der Waals surface area contributed by atoms with E-state index in [1.807, 2.05) is 30.3 Å². The number of benzene rings is 1. The minimum atomic E-state index is -0.801. The molecule has 0 unspecified atom stereocenters. The Morgan fingerprint density at radius 3 is 2.62 bits per heavy atom. The SMILES string of the molecule is O=C(CN1C(=O)NC2(CCCC2)C1=O)Nc1c2c(nn1-c1ccccc1)CCC2. The van der Waals surface area contributed by atoms with Crippen molar-refractivity contribution >= 4 is 23.7 Å². The molecule has 2 heterocycles. The smallest absolute Gasteiger partial charge is 0.323 e. The van der Waals surface area contributed by atoms with Crippen LogP contribution < -0.4 is 10.6 Å². The van der Waals surface area contributed by atoms with E-state index in [1.54, 1.807) is 4.68 Å². The Balaban J connectivity index is 1.38. The lowest BCUT2D eigenvalue weighted by atomic mass is 9.98. The van der Waals surface area contributed by atoms with Gasteiger partial charge in [-0.3, -0.25) is 14.5 Å². The number of hydrogen-bond acceptors (Lipinski definition) is 4. The molecule has 0 bridgehead atoms. The fraction of sp³-hybridized carbons (Fsp3) is 0.429. The van der Waals surface area contributed by atoms with Crippen LogP contribution in [0.1, 0.15) is 43.4 Å². The zero-order valence-corrected chi connectivity index (χ0v) is 16.1. The lowest BCUT2D eigenvalue weighted by molar-refractivity contribution is -0.133. The summed E-state index contributed by atoms with van der Waals surface area (Å²) in [4.78, 5) is 39.0. The zero-order chi connectivity index (χ0) is 20.0. The summed E-state index contributed by atoms with van der Waals surface area (Å²) < 4.78 is 1.74. The molecule has 4 amide bonds. The molecule has 5 rings (SSSR count). The van der Waals surface area contributed by atoms with E-state index in [1.165, 1.54) is 0 Å². The van der Waals surface area contributed by atoms with Gasteiger partial charge in [0.05, 0.1) is 11.4 Å². The molecule has 8 heteroatoms. The summed E-state index contributed by atoms with van der Waals surface area (Å²) in [7, 11) is 0. The van der Waals surface area contributed by atoms with Crippen LogP contribution in [0.5, 0.6) is 0 Å². The lowest BCUT2D eigenvalue weighted by Gasteiger charge is -2.20. The normalized spacial score (nSPS) is 19.7. The Labute approximate surface area is 168 Å². The quantitative estimate of drug-likeness (QED) is 0.778. The van der Waals surface area contributed by atoms with E-state index in [9.17, 15) is 14.4 Å². The van der Waals surface area contributed by atoms with Gasteiger partial charge in [0.15, 0.2) is 0 Å². The van der Waals surface area contributed by atoms with Crippen molar-refractivity contribution in [1.82, 2.24) is 20.0 Å². The third-order valence-corrected chi connectivity index (χ3v) is 6.17. The number of urea groups is 1. The predicted molar refractivity (Wildman–Crippen MR) is 106 cm³/mol. The number of fused-ring (bicyclic) bond motifs is 1. The Bertz CT molecular complexity index is 991. The van der Waals surface area contributed by atoms with Gasteiger partial charge in [0.1, 0.15) is 17.9 Å². The molecule has 8 nitrogen and oxygen atoms in total. The number of nitrogens with zero attached hydrogens (tertiary/aromatic N) is 3. The summed E-state index contributed by atoms with van der Waals surface area (Å²) in [6, 6.07) is 9.14. The number of amides is 4. The Kier molecular flexibility index (Phi) is 4.15. The maximum Gasteiger partial charge on any atom is 0.325 e. The van der Waals surface area contributed by atoms with Crippen molar-refractivity contribution in [2.75, 3.05) is 11.9 Å². The third kappa shape index (κ3) is 2.90. The number of carbonyl (C=O) groups is 3. The van der Waals surface area contributed by atoms with Gasteiger partial charge in [0.25, 0.3) is 5.91 Å². The van der Waals surface area contributed by atoms with Gasteiger partial charge >= 0.3 is 6.03 Å². The molecule has 2 aromatic rings. The maximum absolute atomic E-state index is 12.8. The summed E-state index contributed by atoms with van der Waals surface area (Å²) >= 11 is 0. The first-order valence-corrected chi connectivity index (χ1v) is 10.2. The third-order valence-electron chi connectivity index (χ3n) is 6.17. The van der Waals surface area contributed by atoms with Crippen LogP contribution in [-0.2, 0) is 22.4 Å². The number of nitrogens with one attached hydrogen (secondary N) is 2. The van der Waals surface area contributed by atoms with Gasteiger partial charge in [-0.2, -0.15) is 5.10 Å². The summed E-state index contributed by atoms with van der Waals surface area (Å²) in [5.41, 5.74) is 2.08. The van der Waals surface area contributed by atoms with Gasteiger partial charge in [0, 0.05) is 5.56 Å². The highest BCUT2D eigenvalue weighted by Gasteiger charge is 2.52. The zero-order valence-electron chi connectivity index (χ0n) is 16.1. The molecule has 1 saturated heterocycles. The van der Waals surface area contributed by atoms with Crippen LogP contribution in [0.15, 0.2) is 30.3 Å². The van der Waals surface area contributed by atoms with E-state index in [4.69, 9.17) is 0 Å². The molecular weight excluding hydrogens is 370 g/mol. The first-order chi connectivity index (χ1) is 14.1. The first-order valence-electron chi connectivity index (χ1n) is 10.2. The molecule has 29 heavy (non-hydrogen) atoms. The maximum atomic E-state index is 12.8. The van der Waals surface area contributed by atoms with Crippen LogP contribution in [0.25, 0.3) is 5.69 Å².